The number of carbonyl (C=O) groups is 1. The van der Waals surface area contributed by atoms with Crippen molar-refractivity contribution < 1.29 is 4.79 Å². The van der Waals surface area contributed by atoms with Crippen molar-refractivity contribution in [3.05, 3.63) is 106 Å². The van der Waals surface area contributed by atoms with Crippen molar-refractivity contribution in [1.82, 2.24) is 0 Å². The maximum absolute atomic E-state index is 11.5. The summed E-state index contributed by atoms with van der Waals surface area (Å²) in [6, 6.07) is 10.3. The van der Waals surface area contributed by atoms with Crippen LogP contribution in [0.3, 0.4) is 0 Å². The molecular formula is C29H34O. The SMILES string of the molecule is CC1=C(/C=C/C(C)=C/C=C/C2=CC=C(C=O)C(c3ccccc3)C2)C(C)(C)CCC1. The zero-order chi connectivity index (χ0) is 21.6. The van der Waals surface area contributed by atoms with E-state index in [1.54, 1.807) is 0 Å². The first kappa shape index (κ1) is 22.0. The molecule has 0 saturated carbocycles. The van der Waals surface area contributed by atoms with Crippen molar-refractivity contribution in [1.29, 1.82) is 0 Å². The fourth-order valence-corrected chi connectivity index (χ4v) is 4.59. The maximum atomic E-state index is 11.5. The van der Waals surface area contributed by atoms with E-state index >= 15 is 0 Å². The number of hydrogen-bond donors (Lipinski definition) is 0. The third kappa shape index (κ3) is 5.48. The Balaban J connectivity index is 1.69. The summed E-state index contributed by atoms with van der Waals surface area (Å²) in [4.78, 5) is 11.5. The van der Waals surface area contributed by atoms with Crippen LogP contribution >= 0.6 is 0 Å². The first-order valence-electron chi connectivity index (χ1n) is 11.0. The summed E-state index contributed by atoms with van der Waals surface area (Å²) >= 11 is 0. The molecule has 0 aromatic heterocycles. The molecule has 156 valence electrons. The van der Waals surface area contributed by atoms with Crippen LogP contribution < -0.4 is 0 Å². The average molecular weight is 399 g/mol. The van der Waals surface area contributed by atoms with Gasteiger partial charge in [0.2, 0.25) is 0 Å². The van der Waals surface area contributed by atoms with Crippen LogP contribution in [-0.2, 0) is 4.79 Å². The molecule has 0 heterocycles. The third-order valence-electron chi connectivity index (χ3n) is 6.39. The van der Waals surface area contributed by atoms with Crippen LogP contribution in [0.2, 0.25) is 0 Å². The van der Waals surface area contributed by atoms with Crippen molar-refractivity contribution >= 4 is 6.29 Å². The van der Waals surface area contributed by atoms with Crippen LogP contribution in [0.1, 0.15) is 64.9 Å². The summed E-state index contributed by atoms with van der Waals surface area (Å²) < 4.78 is 0. The second-order valence-electron chi connectivity index (χ2n) is 9.23. The van der Waals surface area contributed by atoms with Gasteiger partial charge in [-0.15, -0.1) is 0 Å². The molecule has 0 fully saturated rings. The van der Waals surface area contributed by atoms with Gasteiger partial charge >= 0.3 is 0 Å². The van der Waals surface area contributed by atoms with Crippen LogP contribution in [0.4, 0.5) is 0 Å². The van der Waals surface area contributed by atoms with E-state index < -0.39 is 0 Å². The molecule has 1 aromatic rings. The highest BCUT2D eigenvalue weighted by Crippen LogP contribution is 2.40. The second kappa shape index (κ2) is 9.89. The van der Waals surface area contributed by atoms with Crippen molar-refractivity contribution in [2.45, 2.75) is 59.3 Å². The Morgan fingerprint density at radius 1 is 1.10 bits per heavy atom. The fourth-order valence-electron chi connectivity index (χ4n) is 4.59. The first-order chi connectivity index (χ1) is 14.4. The molecule has 2 aliphatic carbocycles. The minimum absolute atomic E-state index is 0.141. The van der Waals surface area contributed by atoms with Crippen molar-refractivity contribution in [3.8, 4) is 0 Å². The van der Waals surface area contributed by atoms with Gasteiger partial charge < -0.3 is 0 Å². The van der Waals surface area contributed by atoms with Gasteiger partial charge in [-0.1, -0.05) is 97.9 Å². The van der Waals surface area contributed by atoms with Gasteiger partial charge in [-0.3, -0.25) is 4.79 Å². The van der Waals surface area contributed by atoms with Gasteiger partial charge in [0, 0.05) is 5.92 Å². The van der Waals surface area contributed by atoms with Gasteiger partial charge in [0.1, 0.15) is 6.29 Å². The van der Waals surface area contributed by atoms with Gasteiger partial charge in [0.15, 0.2) is 0 Å². The summed E-state index contributed by atoms with van der Waals surface area (Å²) in [5, 5.41) is 0. The van der Waals surface area contributed by atoms with Crippen LogP contribution in [0, 0.1) is 5.41 Å². The second-order valence-corrected chi connectivity index (χ2v) is 9.23. The highest BCUT2D eigenvalue weighted by Gasteiger charge is 2.26. The molecule has 0 amide bonds. The van der Waals surface area contributed by atoms with E-state index in [0.717, 1.165) is 18.3 Å². The number of allylic oxidation sites excluding steroid dienone is 12. The summed E-state index contributed by atoms with van der Waals surface area (Å²) in [5.41, 5.74) is 7.84. The van der Waals surface area contributed by atoms with Crippen LogP contribution in [0.25, 0.3) is 0 Å². The zero-order valence-electron chi connectivity index (χ0n) is 18.8. The molecule has 0 saturated heterocycles. The van der Waals surface area contributed by atoms with Gasteiger partial charge in [-0.25, -0.2) is 0 Å². The van der Waals surface area contributed by atoms with E-state index in [-0.39, 0.29) is 11.3 Å². The molecule has 0 spiro atoms. The predicted octanol–water partition coefficient (Wildman–Crippen LogP) is 7.81. The minimum Gasteiger partial charge on any atom is -0.298 e. The lowest BCUT2D eigenvalue weighted by Crippen LogP contribution is -2.19. The highest BCUT2D eigenvalue weighted by molar-refractivity contribution is 5.77. The molecule has 0 N–H and O–H groups in total. The topological polar surface area (TPSA) is 17.1 Å². The standard InChI is InChI=1S/C29H34O/c1-22(15-18-28-23(2)11-9-19-29(28,3)4)10-8-12-24-16-17-26(21-30)27(20-24)25-13-6-5-7-14-25/h5-8,10,12-18,21,27H,9,11,19-20H2,1-4H3/b12-8+,18-15+,22-10+. The summed E-state index contributed by atoms with van der Waals surface area (Å²) in [6.45, 7) is 9.14. The third-order valence-corrected chi connectivity index (χ3v) is 6.39. The fraction of sp³-hybridized carbons (Fsp3) is 0.345. The lowest BCUT2D eigenvalue weighted by Gasteiger charge is -2.32. The first-order valence-corrected chi connectivity index (χ1v) is 11.0. The molecule has 1 atom stereocenters. The molecule has 1 aromatic carbocycles. The molecular weight excluding hydrogens is 364 g/mol. The normalized spacial score (nSPS) is 22.4. The van der Waals surface area contributed by atoms with Crippen LogP contribution in [0.5, 0.6) is 0 Å². The van der Waals surface area contributed by atoms with Gasteiger partial charge in [-0.05, 0) is 67.2 Å². The average Bonchev–Trinajstić information content (AvgIpc) is 2.73. The quantitative estimate of drug-likeness (QED) is 0.353. The monoisotopic (exact) mass is 398 g/mol. The Morgan fingerprint density at radius 3 is 2.57 bits per heavy atom. The van der Waals surface area contributed by atoms with Gasteiger partial charge in [0.25, 0.3) is 0 Å². The van der Waals surface area contributed by atoms with Crippen LogP contribution in [-0.4, -0.2) is 6.29 Å². The van der Waals surface area contributed by atoms with Gasteiger partial charge in [0.05, 0.1) is 0 Å². The lowest BCUT2D eigenvalue weighted by atomic mass is 9.72. The van der Waals surface area contributed by atoms with Crippen molar-refractivity contribution in [2.75, 3.05) is 0 Å². The summed E-state index contributed by atoms with van der Waals surface area (Å²) in [6.07, 6.45) is 20.7. The highest BCUT2D eigenvalue weighted by atomic mass is 16.1. The summed E-state index contributed by atoms with van der Waals surface area (Å²) in [5.74, 6) is 0.141. The van der Waals surface area contributed by atoms with Crippen molar-refractivity contribution in [2.24, 2.45) is 5.41 Å². The number of hydrogen-bond acceptors (Lipinski definition) is 1. The number of carbonyl (C=O) groups excluding carboxylic acids is 1. The van der Waals surface area contributed by atoms with E-state index in [1.165, 1.54) is 47.1 Å². The Labute approximate surface area is 182 Å². The van der Waals surface area contributed by atoms with Gasteiger partial charge in [-0.2, -0.15) is 0 Å². The maximum Gasteiger partial charge on any atom is 0.146 e. The zero-order valence-corrected chi connectivity index (χ0v) is 18.8. The molecule has 0 aliphatic heterocycles. The number of rotatable bonds is 6. The molecule has 30 heavy (non-hydrogen) atoms. The van der Waals surface area contributed by atoms with E-state index in [9.17, 15) is 4.79 Å². The molecule has 1 heteroatoms. The van der Waals surface area contributed by atoms with Crippen molar-refractivity contribution in [3.63, 3.8) is 0 Å². The van der Waals surface area contributed by atoms with E-state index in [0.29, 0.717) is 0 Å². The molecule has 0 radical (unpaired) electrons. The minimum atomic E-state index is 0.141. The van der Waals surface area contributed by atoms with Crippen LogP contribution in [0.15, 0.2) is 101 Å². The smallest absolute Gasteiger partial charge is 0.146 e. The largest absolute Gasteiger partial charge is 0.298 e. The molecule has 0 bridgehead atoms. The number of benzene rings is 1. The Hall–Kier alpha value is -2.67. The Morgan fingerprint density at radius 2 is 1.87 bits per heavy atom. The van der Waals surface area contributed by atoms with E-state index in [1.807, 2.05) is 24.3 Å². The molecule has 1 unspecified atom stereocenters. The lowest BCUT2D eigenvalue weighted by molar-refractivity contribution is -0.105. The predicted molar refractivity (Wildman–Crippen MR) is 128 cm³/mol. The summed E-state index contributed by atoms with van der Waals surface area (Å²) in [7, 11) is 0. The van der Waals surface area contributed by atoms with E-state index in [4.69, 9.17) is 0 Å². The Bertz CT molecular complexity index is 945. The molecule has 3 rings (SSSR count). The van der Waals surface area contributed by atoms with E-state index in [2.05, 4.69) is 76.3 Å². The molecule has 1 nitrogen and oxygen atoms in total. The Kier molecular flexibility index (Phi) is 7.26. The molecule has 2 aliphatic rings. The number of aldehydes is 1.